The third-order valence-corrected chi connectivity index (χ3v) is 1.13. The maximum atomic E-state index is 10.8. The van der Waals surface area contributed by atoms with Crippen LogP contribution in [0.4, 0.5) is 0 Å². The van der Waals surface area contributed by atoms with Crippen molar-refractivity contribution in [2.24, 2.45) is 0 Å². The van der Waals surface area contributed by atoms with E-state index < -0.39 is 6.10 Å². The minimum absolute atomic E-state index is 0.0762. The van der Waals surface area contributed by atoms with Gasteiger partial charge in [0.05, 0.1) is 12.6 Å². The standard InChI is InChI=1S/C7H16N2O2/c1-3-8-5-7(11)9-4-6(2)10/h6,8,10H,3-5H2,1-2H3,(H,9,11). The Morgan fingerprint density at radius 1 is 1.64 bits per heavy atom. The predicted octanol–water partition coefficient (Wildman–Crippen LogP) is -0.907. The second-order valence-electron chi connectivity index (χ2n) is 2.43. The van der Waals surface area contributed by atoms with Crippen LogP contribution < -0.4 is 10.6 Å². The Morgan fingerprint density at radius 3 is 2.73 bits per heavy atom. The van der Waals surface area contributed by atoms with Gasteiger partial charge in [-0.15, -0.1) is 0 Å². The van der Waals surface area contributed by atoms with Crippen molar-refractivity contribution in [2.45, 2.75) is 20.0 Å². The first-order valence-electron chi connectivity index (χ1n) is 3.82. The maximum Gasteiger partial charge on any atom is 0.234 e. The van der Waals surface area contributed by atoms with Crippen molar-refractivity contribution in [1.29, 1.82) is 0 Å². The molecule has 0 aliphatic rings. The number of hydrogen-bond acceptors (Lipinski definition) is 3. The van der Waals surface area contributed by atoms with E-state index in [2.05, 4.69) is 10.6 Å². The molecule has 0 aromatic heterocycles. The van der Waals surface area contributed by atoms with Crippen molar-refractivity contribution >= 4 is 5.91 Å². The molecular formula is C7H16N2O2. The molecule has 0 heterocycles. The summed E-state index contributed by atoms with van der Waals surface area (Å²) in [5.41, 5.74) is 0. The highest BCUT2D eigenvalue weighted by molar-refractivity contribution is 5.77. The first-order valence-corrected chi connectivity index (χ1v) is 3.82. The monoisotopic (exact) mass is 160 g/mol. The summed E-state index contributed by atoms with van der Waals surface area (Å²) < 4.78 is 0. The molecule has 11 heavy (non-hydrogen) atoms. The molecule has 0 aliphatic heterocycles. The molecule has 3 N–H and O–H groups in total. The minimum atomic E-state index is -0.472. The van der Waals surface area contributed by atoms with Crippen LogP contribution in [-0.2, 0) is 4.79 Å². The number of amides is 1. The van der Waals surface area contributed by atoms with E-state index in [0.29, 0.717) is 13.1 Å². The fourth-order valence-corrected chi connectivity index (χ4v) is 0.563. The van der Waals surface area contributed by atoms with Gasteiger partial charge in [0, 0.05) is 6.54 Å². The Bertz CT molecular complexity index is 115. The van der Waals surface area contributed by atoms with Gasteiger partial charge in [0.2, 0.25) is 5.91 Å². The molecule has 0 aromatic carbocycles. The minimum Gasteiger partial charge on any atom is -0.392 e. The third kappa shape index (κ3) is 7.29. The molecule has 66 valence electrons. The molecule has 4 heteroatoms. The first-order chi connectivity index (χ1) is 5.16. The molecule has 4 nitrogen and oxygen atoms in total. The van der Waals surface area contributed by atoms with E-state index in [9.17, 15) is 4.79 Å². The highest BCUT2D eigenvalue weighted by Gasteiger charge is 2.00. The van der Waals surface area contributed by atoms with Crippen LogP contribution in [0, 0.1) is 0 Å². The van der Waals surface area contributed by atoms with Gasteiger partial charge in [-0.2, -0.15) is 0 Å². The van der Waals surface area contributed by atoms with E-state index in [1.165, 1.54) is 0 Å². The molecule has 0 spiro atoms. The molecule has 0 fully saturated rings. The number of likely N-dealkylation sites (N-methyl/N-ethyl adjacent to an activating group) is 1. The SMILES string of the molecule is CCNCC(=O)NCC(C)O. The zero-order valence-corrected chi connectivity index (χ0v) is 7.05. The van der Waals surface area contributed by atoms with Gasteiger partial charge in [0.1, 0.15) is 0 Å². The van der Waals surface area contributed by atoms with Gasteiger partial charge in [-0.1, -0.05) is 6.92 Å². The van der Waals surface area contributed by atoms with Crippen LogP contribution >= 0.6 is 0 Å². The van der Waals surface area contributed by atoms with Crippen LogP contribution in [0.2, 0.25) is 0 Å². The van der Waals surface area contributed by atoms with Gasteiger partial charge in [0.15, 0.2) is 0 Å². The molecule has 0 radical (unpaired) electrons. The summed E-state index contributed by atoms with van der Waals surface area (Å²) in [6.45, 7) is 4.99. The van der Waals surface area contributed by atoms with Crippen molar-refractivity contribution in [3.63, 3.8) is 0 Å². The lowest BCUT2D eigenvalue weighted by Gasteiger charge is -2.06. The molecule has 0 saturated heterocycles. The Kier molecular flexibility index (Phi) is 5.78. The molecule has 0 rings (SSSR count). The van der Waals surface area contributed by atoms with Gasteiger partial charge in [-0.05, 0) is 13.5 Å². The van der Waals surface area contributed by atoms with E-state index in [1.807, 2.05) is 6.92 Å². The van der Waals surface area contributed by atoms with Crippen LogP contribution in [0.25, 0.3) is 0 Å². The van der Waals surface area contributed by atoms with E-state index in [0.717, 1.165) is 6.54 Å². The van der Waals surface area contributed by atoms with E-state index in [-0.39, 0.29) is 5.91 Å². The van der Waals surface area contributed by atoms with E-state index in [1.54, 1.807) is 6.92 Å². The Balaban J connectivity index is 3.23. The number of aliphatic hydroxyl groups is 1. The van der Waals surface area contributed by atoms with Crippen LogP contribution in [0.5, 0.6) is 0 Å². The summed E-state index contributed by atoms with van der Waals surface area (Å²) in [5, 5.41) is 14.2. The lowest BCUT2D eigenvalue weighted by atomic mass is 10.4. The fraction of sp³-hybridized carbons (Fsp3) is 0.857. The summed E-state index contributed by atoms with van der Waals surface area (Å²) in [6, 6.07) is 0. The number of carbonyl (C=O) groups is 1. The van der Waals surface area contributed by atoms with Gasteiger partial charge in [-0.3, -0.25) is 4.79 Å². The number of hydrogen-bond donors (Lipinski definition) is 3. The van der Waals surface area contributed by atoms with Gasteiger partial charge < -0.3 is 15.7 Å². The normalized spacial score (nSPS) is 12.6. The summed E-state index contributed by atoms with van der Waals surface area (Å²) in [4.78, 5) is 10.8. The Morgan fingerprint density at radius 2 is 2.27 bits per heavy atom. The van der Waals surface area contributed by atoms with Crippen LogP contribution in [0.15, 0.2) is 0 Å². The molecule has 0 saturated carbocycles. The molecule has 0 aromatic rings. The Hall–Kier alpha value is -0.610. The molecule has 0 bridgehead atoms. The lowest BCUT2D eigenvalue weighted by molar-refractivity contribution is -0.120. The lowest BCUT2D eigenvalue weighted by Crippen LogP contribution is -2.37. The second-order valence-corrected chi connectivity index (χ2v) is 2.43. The third-order valence-electron chi connectivity index (χ3n) is 1.13. The number of rotatable bonds is 5. The average molecular weight is 160 g/mol. The number of aliphatic hydroxyl groups excluding tert-OH is 1. The fourth-order valence-electron chi connectivity index (χ4n) is 0.563. The van der Waals surface area contributed by atoms with Gasteiger partial charge in [0.25, 0.3) is 0 Å². The van der Waals surface area contributed by atoms with Crippen LogP contribution in [0.3, 0.4) is 0 Å². The quantitative estimate of drug-likeness (QED) is 0.488. The Labute approximate surface area is 67.0 Å². The highest BCUT2D eigenvalue weighted by Crippen LogP contribution is 1.74. The molecule has 1 atom stereocenters. The topological polar surface area (TPSA) is 61.4 Å². The predicted molar refractivity (Wildman–Crippen MR) is 43.2 cm³/mol. The molecule has 1 unspecified atom stereocenters. The summed E-state index contributed by atoms with van der Waals surface area (Å²) >= 11 is 0. The zero-order chi connectivity index (χ0) is 8.69. The largest absolute Gasteiger partial charge is 0.392 e. The van der Waals surface area contributed by atoms with Crippen molar-refractivity contribution in [1.82, 2.24) is 10.6 Å². The highest BCUT2D eigenvalue weighted by atomic mass is 16.3. The van der Waals surface area contributed by atoms with E-state index in [4.69, 9.17) is 5.11 Å². The van der Waals surface area contributed by atoms with Crippen molar-refractivity contribution in [3.8, 4) is 0 Å². The average Bonchev–Trinajstić information content (AvgIpc) is 1.97. The molecule has 0 aliphatic carbocycles. The molecular weight excluding hydrogens is 144 g/mol. The summed E-state index contributed by atoms with van der Waals surface area (Å²) in [6.07, 6.45) is -0.472. The smallest absolute Gasteiger partial charge is 0.234 e. The summed E-state index contributed by atoms with van der Waals surface area (Å²) in [5.74, 6) is -0.0762. The second kappa shape index (κ2) is 6.12. The van der Waals surface area contributed by atoms with Gasteiger partial charge in [-0.25, -0.2) is 0 Å². The summed E-state index contributed by atoms with van der Waals surface area (Å²) in [7, 11) is 0. The zero-order valence-electron chi connectivity index (χ0n) is 7.05. The van der Waals surface area contributed by atoms with Crippen molar-refractivity contribution in [2.75, 3.05) is 19.6 Å². The van der Waals surface area contributed by atoms with Crippen LogP contribution in [0.1, 0.15) is 13.8 Å². The van der Waals surface area contributed by atoms with Crippen molar-refractivity contribution in [3.05, 3.63) is 0 Å². The van der Waals surface area contributed by atoms with Gasteiger partial charge >= 0.3 is 0 Å². The maximum absolute atomic E-state index is 10.8. The number of nitrogens with one attached hydrogen (secondary N) is 2. The van der Waals surface area contributed by atoms with Crippen LogP contribution in [-0.4, -0.2) is 36.8 Å². The molecule has 1 amide bonds. The van der Waals surface area contributed by atoms with E-state index >= 15 is 0 Å². The first kappa shape index (κ1) is 10.4. The van der Waals surface area contributed by atoms with Crippen molar-refractivity contribution < 1.29 is 9.90 Å². The number of carbonyl (C=O) groups excluding carboxylic acids is 1.